The SMILES string of the molecule is CC1=CC(C2=CCNCC2)=CN2C(=O)C=C(c3cc4c(C)nc(C)cn4n3)PC12. The molecule has 0 fully saturated rings. The Bertz CT molecular complexity index is 1150. The number of aromatic nitrogens is 3. The number of aryl methyl sites for hydroxylation is 2. The van der Waals surface area contributed by atoms with Gasteiger partial charge in [-0.1, -0.05) is 20.7 Å². The number of carbonyl (C=O) groups excluding carboxylic acids is 1. The van der Waals surface area contributed by atoms with Gasteiger partial charge in [-0.3, -0.25) is 9.78 Å². The molecule has 0 saturated heterocycles. The summed E-state index contributed by atoms with van der Waals surface area (Å²) in [4.78, 5) is 19.5. The molecule has 29 heavy (non-hydrogen) atoms. The molecular formula is C22H24N5OP. The fourth-order valence-electron chi connectivity index (χ4n) is 4.20. The predicted octanol–water partition coefficient (Wildman–Crippen LogP) is 3.30. The highest BCUT2D eigenvalue weighted by Crippen LogP contribution is 2.47. The van der Waals surface area contributed by atoms with Gasteiger partial charge in [0.15, 0.2) is 0 Å². The van der Waals surface area contributed by atoms with Crippen LogP contribution in [0.5, 0.6) is 0 Å². The first-order valence-corrected chi connectivity index (χ1v) is 11.0. The molecule has 0 spiro atoms. The van der Waals surface area contributed by atoms with Crippen molar-refractivity contribution in [1.29, 1.82) is 0 Å². The van der Waals surface area contributed by atoms with Crippen molar-refractivity contribution >= 4 is 25.3 Å². The lowest BCUT2D eigenvalue weighted by molar-refractivity contribution is -0.123. The molecule has 1 amide bonds. The van der Waals surface area contributed by atoms with Gasteiger partial charge in [0.05, 0.1) is 34.6 Å². The zero-order chi connectivity index (χ0) is 20.1. The van der Waals surface area contributed by atoms with Crippen LogP contribution in [-0.2, 0) is 4.79 Å². The van der Waals surface area contributed by atoms with Crippen LogP contribution in [0.25, 0.3) is 10.8 Å². The minimum absolute atomic E-state index is 0.0336. The zero-order valence-electron chi connectivity index (χ0n) is 16.9. The van der Waals surface area contributed by atoms with Gasteiger partial charge in [-0.2, -0.15) is 5.10 Å². The number of fused-ring (bicyclic) bond motifs is 2. The van der Waals surface area contributed by atoms with E-state index in [9.17, 15) is 4.79 Å². The van der Waals surface area contributed by atoms with Crippen molar-refractivity contribution < 1.29 is 4.79 Å². The topological polar surface area (TPSA) is 62.5 Å². The minimum Gasteiger partial charge on any atom is -0.313 e. The Morgan fingerprint density at radius 1 is 1.24 bits per heavy atom. The van der Waals surface area contributed by atoms with Gasteiger partial charge < -0.3 is 10.2 Å². The molecule has 3 aliphatic heterocycles. The van der Waals surface area contributed by atoms with E-state index < -0.39 is 0 Å². The molecule has 6 nitrogen and oxygen atoms in total. The summed E-state index contributed by atoms with van der Waals surface area (Å²) >= 11 is 0. The molecule has 2 unspecified atom stereocenters. The Balaban J connectivity index is 1.50. The monoisotopic (exact) mass is 405 g/mol. The Kier molecular flexibility index (Phi) is 4.49. The summed E-state index contributed by atoms with van der Waals surface area (Å²) in [5.41, 5.74) is 7.47. The van der Waals surface area contributed by atoms with Gasteiger partial charge in [-0.25, -0.2) is 4.52 Å². The molecule has 0 radical (unpaired) electrons. The number of rotatable bonds is 2. The highest BCUT2D eigenvalue weighted by molar-refractivity contribution is 7.51. The lowest BCUT2D eigenvalue weighted by Crippen LogP contribution is -2.38. The lowest BCUT2D eigenvalue weighted by Gasteiger charge is -2.37. The third-order valence-corrected chi connectivity index (χ3v) is 7.37. The molecule has 0 bridgehead atoms. The van der Waals surface area contributed by atoms with E-state index in [0.717, 1.165) is 47.4 Å². The van der Waals surface area contributed by atoms with Crippen molar-refractivity contribution in [2.75, 3.05) is 13.1 Å². The number of nitrogens with one attached hydrogen (secondary N) is 1. The quantitative estimate of drug-likeness (QED) is 0.779. The molecule has 3 aliphatic rings. The molecule has 5 heterocycles. The van der Waals surface area contributed by atoms with E-state index in [1.54, 1.807) is 6.08 Å². The van der Waals surface area contributed by atoms with Crippen molar-refractivity contribution in [2.45, 2.75) is 33.0 Å². The molecule has 0 aliphatic carbocycles. The normalized spacial score (nSPS) is 22.9. The Hall–Kier alpha value is -2.56. The second-order valence-corrected chi connectivity index (χ2v) is 9.21. The highest BCUT2D eigenvalue weighted by Gasteiger charge is 2.33. The summed E-state index contributed by atoms with van der Waals surface area (Å²) in [7, 11) is 0.469. The van der Waals surface area contributed by atoms with Crippen LogP contribution in [0, 0.1) is 13.8 Å². The molecule has 2 aromatic heterocycles. The number of amides is 1. The van der Waals surface area contributed by atoms with Crippen molar-refractivity contribution in [3.63, 3.8) is 0 Å². The summed E-state index contributed by atoms with van der Waals surface area (Å²) in [5.74, 6) is 0.116. The number of hydrogen-bond acceptors (Lipinski definition) is 4. The van der Waals surface area contributed by atoms with E-state index in [4.69, 9.17) is 5.10 Å². The van der Waals surface area contributed by atoms with Crippen molar-refractivity contribution in [3.05, 3.63) is 70.5 Å². The molecule has 148 valence electrons. The lowest BCUT2D eigenvalue weighted by atomic mass is 9.96. The van der Waals surface area contributed by atoms with E-state index in [-0.39, 0.29) is 11.7 Å². The van der Waals surface area contributed by atoms with Crippen molar-refractivity contribution in [2.24, 2.45) is 0 Å². The maximum absolute atomic E-state index is 13.0. The van der Waals surface area contributed by atoms with Gasteiger partial charge in [0, 0.05) is 24.1 Å². The summed E-state index contributed by atoms with van der Waals surface area (Å²) in [6.07, 6.45) is 11.2. The average molecular weight is 405 g/mol. The van der Waals surface area contributed by atoms with Gasteiger partial charge in [-0.15, -0.1) is 0 Å². The van der Waals surface area contributed by atoms with Crippen LogP contribution in [0.2, 0.25) is 0 Å². The van der Waals surface area contributed by atoms with E-state index in [1.807, 2.05) is 41.7 Å². The first kappa shape index (κ1) is 18.5. The molecule has 0 aromatic carbocycles. The summed E-state index contributed by atoms with van der Waals surface area (Å²) < 4.78 is 1.88. The van der Waals surface area contributed by atoms with Gasteiger partial charge >= 0.3 is 0 Å². The average Bonchev–Trinajstić information content (AvgIpc) is 3.13. The molecular weight excluding hydrogens is 381 g/mol. The van der Waals surface area contributed by atoms with Crippen LogP contribution in [0.15, 0.2) is 53.4 Å². The molecule has 0 saturated carbocycles. The van der Waals surface area contributed by atoms with Crippen LogP contribution >= 0.6 is 8.58 Å². The maximum atomic E-state index is 13.0. The molecule has 2 atom stereocenters. The first-order chi connectivity index (χ1) is 14.0. The zero-order valence-corrected chi connectivity index (χ0v) is 17.9. The fraction of sp³-hybridized carbons (Fsp3) is 0.318. The molecule has 2 aromatic rings. The number of hydrogen-bond donors (Lipinski definition) is 1. The third-order valence-electron chi connectivity index (χ3n) is 5.66. The van der Waals surface area contributed by atoms with E-state index >= 15 is 0 Å². The van der Waals surface area contributed by atoms with Crippen molar-refractivity contribution in [1.82, 2.24) is 24.8 Å². The largest absolute Gasteiger partial charge is 0.313 e. The summed E-state index contributed by atoms with van der Waals surface area (Å²) in [5, 5.41) is 9.10. The van der Waals surface area contributed by atoms with Crippen LogP contribution in [0.1, 0.15) is 30.4 Å². The van der Waals surface area contributed by atoms with Gasteiger partial charge in [-0.05, 0) is 56.5 Å². The van der Waals surface area contributed by atoms with Crippen LogP contribution in [-0.4, -0.2) is 44.3 Å². The molecule has 1 N–H and O–H groups in total. The third kappa shape index (κ3) is 3.26. The second kappa shape index (κ2) is 7.05. The van der Waals surface area contributed by atoms with E-state index in [0.29, 0.717) is 8.58 Å². The first-order valence-electron chi connectivity index (χ1n) is 9.94. The minimum atomic E-state index is 0.0336. The number of nitrogens with zero attached hydrogens (tertiary/aromatic N) is 4. The Morgan fingerprint density at radius 2 is 2.10 bits per heavy atom. The molecule has 5 rings (SSSR count). The van der Waals surface area contributed by atoms with Crippen LogP contribution < -0.4 is 5.32 Å². The Labute approximate surface area is 171 Å². The van der Waals surface area contributed by atoms with E-state index in [1.165, 1.54) is 16.7 Å². The maximum Gasteiger partial charge on any atom is 0.252 e. The van der Waals surface area contributed by atoms with Gasteiger partial charge in [0.2, 0.25) is 0 Å². The number of allylic oxidation sites excluding steroid dienone is 2. The van der Waals surface area contributed by atoms with Crippen LogP contribution in [0.4, 0.5) is 0 Å². The second-order valence-electron chi connectivity index (χ2n) is 7.83. The standard InChI is InChI=1S/C22H24N5OP/c1-13-8-17(16-4-6-23-7-5-16)12-26-21(28)10-20(29-22(13)26)18-9-19-15(3)24-14(2)11-27(19)25-18/h4,8-12,22-23,29H,5-7H2,1-3H3. The summed E-state index contributed by atoms with van der Waals surface area (Å²) in [6, 6.07) is 2.05. The number of carbonyl (C=O) groups is 1. The van der Waals surface area contributed by atoms with Crippen LogP contribution in [0.3, 0.4) is 0 Å². The van der Waals surface area contributed by atoms with Gasteiger partial charge in [0.1, 0.15) is 0 Å². The van der Waals surface area contributed by atoms with Crippen molar-refractivity contribution in [3.8, 4) is 0 Å². The van der Waals surface area contributed by atoms with Gasteiger partial charge in [0.25, 0.3) is 5.91 Å². The fourth-order valence-corrected chi connectivity index (χ4v) is 5.62. The van der Waals surface area contributed by atoms with E-state index in [2.05, 4.69) is 29.4 Å². The molecule has 7 heteroatoms. The summed E-state index contributed by atoms with van der Waals surface area (Å²) in [6.45, 7) is 7.98. The Morgan fingerprint density at radius 3 is 2.90 bits per heavy atom. The smallest absolute Gasteiger partial charge is 0.252 e. The highest BCUT2D eigenvalue weighted by atomic mass is 31.1. The predicted molar refractivity (Wildman–Crippen MR) is 117 cm³/mol.